The third-order valence-electron chi connectivity index (χ3n) is 2.90. The van der Waals surface area contributed by atoms with Crippen molar-refractivity contribution in [3.8, 4) is 5.82 Å². The van der Waals surface area contributed by atoms with Gasteiger partial charge in [0.25, 0.3) is 5.91 Å². The molecule has 20 heavy (non-hydrogen) atoms. The molecule has 7 nitrogen and oxygen atoms in total. The zero-order chi connectivity index (χ0) is 14.4. The third kappa shape index (κ3) is 3.61. The van der Waals surface area contributed by atoms with E-state index in [0.29, 0.717) is 30.8 Å². The van der Waals surface area contributed by atoms with Gasteiger partial charge < -0.3 is 10.4 Å². The highest BCUT2D eigenvalue weighted by molar-refractivity contribution is 5.93. The maximum absolute atomic E-state index is 11.8. The zero-order valence-electron chi connectivity index (χ0n) is 11.2. The summed E-state index contributed by atoms with van der Waals surface area (Å²) >= 11 is 0. The largest absolute Gasteiger partial charge is 0.393 e. The van der Waals surface area contributed by atoms with E-state index >= 15 is 0 Å². The lowest BCUT2D eigenvalue weighted by Crippen LogP contribution is -2.27. The van der Waals surface area contributed by atoms with Crippen LogP contribution in [0.1, 0.15) is 30.1 Å². The Labute approximate surface area is 116 Å². The van der Waals surface area contributed by atoms with Crippen LogP contribution < -0.4 is 5.32 Å². The van der Waals surface area contributed by atoms with Gasteiger partial charge in [0.1, 0.15) is 12.7 Å². The first kappa shape index (κ1) is 14.1. The van der Waals surface area contributed by atoms with Crippen LogP contribution in [0.2, 0.25) is 0 Å². The van der Waals surface area contributed by atoms with Crippen molar-refractivity contribution in [3.05, 3.63) is 36.5 Å². The van der Waals surface area contributed by atoms with Crippen molar-refractivity contribution in [3.63, 3.8) is 0 Å². The molecule has 0 spiro atoms. The Kier molecular flexibility index (Phi) is 4.78. The molecule has 1 unspecified atom stereocenters. The molecule has 2 aromatic rings. The molecular weight excluding hydrogens is 258 g/mol. The van der Waals surface area contributed by atoms with Crippen molar-refractivity contribution in [2.24, 2.45) is 0 Å². The second-order valence-corrected chi connectivity index (χ2v) is 4.35. The molecule has 0 saturated carbocycles. The predicted molar refractivity (Wildman–Crippen MR) is 72.4 cm³/mol. The normalized spacial score (nSPS) is 12.1. The number of aliphatic hydroxyl groups is 1. The molecule has 2 heterocycles. The van der Waals surface area contributed by atoms with Gasteiger partial charge in [-0.2, -0.15) is 5.10 Å². The Morgan fingerprint density at radius 3 is 2.95 bits per heavy atom. The second-order valence-electron chi connectivity index (χ2n) is 4.35. The summed E-state index contributed by atoms with van der Waals surface area (Å²) in [5.74, 6) is 0.395. The maximum atomic E-state index is 11.8. The van der Waals surface area contributed by atoms with E-state index in [1.54, 1.807) is 12.1 Å². The number of pyridine rings is 1. The summed E-state index contributed by atoms with van der Waals surface area (Å²) < 4.78 is 1.51. The molecule has 106 valence electrons. The molecule has 0 aliphatic carbocycles. The number of hydrogen-bond acceptors (Lipinski definition) is 5. The molecular formula is C13H17N5O2. The van der Waals surface area contributed by atoms with Crippen LogP contribution >= 0.6 is 0 Å². The molecule has 1 amide bonds. The standard InChI is InChI=1S/C13H17N5O2/c1-2-11(19)5-6-15-13(20)10-3-4-12(16-7-10)18-9-14-8-17-18/h3-4,7-9,11,19H,2,5-6H2,1H3,(H,15,20). The number of rotatable bonds is 6. The summed E-state index contributed by atoms with van der Waals surface area (Å²) in [5, 5.41) is 16.1. The smallest absolute Gasteiger partial charge is 0.252 e. The van der Waals surface area contributed by atoms with Crippen molar-refractivity contribution >= 4 is 5.91 Å². The summed E-state index contributed by atoms with van der Waals surface area (Å²) in [5.41, 5.74) is 0.472. The van der Waals surface area contributed by atoms with Crippen LogP contribution in [-0.4, -0.2) is 43.4 Å². The highest BCUT2D eigenvalue weighted by atomic mass is 16.3. The number of aliphatic hydroxyl groups excluding tert-OH is 1. The van der Waals surface area contributed by atoms with Gasteiger partial charge in [-0.15, -0.1) is 0 Å². The van der Waals surface area contributed by atoms with Crippen molar-refractivity contribution < 1.29 is 9.90 Å². The quantitative estimate of drug-likeness (QED) is 0.803. The van der Waals surface area contributed by atoms with Gasteiger partial charge in [0.15, 0.2) is 5.82 Å². The topological polar surface area (TPSA) is 92.9 Å². The lowest BCUT2D eigenvalue weighted by atomic mass is 10.2. The van der Waals surface area contributed by atoms with Crippen LogP contribution in [-0.2, 0) is 0 Å². The average Bonchev–Trinajstić information content (AvgIpc) is 3.01. The molecule has 0 aliphatic rings. The number of nitrogens with zero attached hydrogens (tertiary/aromatic N) is 4. The fourth-order valence-electron chi connectivity index (χ4n) is 1.64. The van der Waals surface area contributed by atoms with E-state index in [4.69, 9.17) is 0 Å². The fraction of sp³-hybridized carbons (Fsp3) is 0.385. The molecule has 0 aromatic carbocycles. The third-order valence-corrected chi connectivity index (χ3v) is 2.90. The van der Waals surface area contributed by atoms with E-state index in [-0.39, 0.29) is 12.0 Å². The van der Waals surface area contributed by atoms with E-state index in [9.17, 15) is 9.90 Å². The number of aromatic nitrogens is 4. The number of nitrogens with one attached hydrogen (secondary N) is 1. The summed E-state index contributed by atoms with van der Waals surface area (Å²) in [6.45, 7) is 2.35. The Balaban J connectivity index is 1.91. The van der Waals surface area contributed by atoms with Gasteiger partial charge in [-0.25, -0.2) is 14.6 Å². The molecule has 0 bridgehead atoms. The van der Waals surface area contributed by atoms with Gasteiger partial charge in [0.05, 0.1) is 11.7 Å². The Hall–Kier alpha value is -2.28. The average molecular weight is 275 g/mol. The van der Waals surface area contributed by atoms with Gasteiger partial charge in [0.2, 0.25) is 0 Å². The van der Waals surface area contributed by atoms with Gasteiger partial charge in [0, 0.05) is 12.7 Å². The lowest BCUT2D eigenvalue weighted by Gasteiger charge is -2.09. The highest BCUT2D eigenvalue weighted by Crippen LogP contribution is 2.04. The van der Waals surface area contributed by atoms with Crippen LogP contribution in [0.4, 0.5) is 0 Å². The summed E-state index contributed by atoms with van der Waals surface area (Å²) in [7, 11) is 0. The molecule has 7 heteroatoms. The summed E-state index contributed by atoms with van der Waals surface area (Å²) in [6.07, 6.45) is 5.30. The van der Waals surface area contributed by atoms with Crippen molar-refractivity contribution in [1.82, 2.24) is 25.1 Å². The van der Waals surface area contributed by atoms with E-state index in [2.05, 4.69) is 20.4 Å². The van der Waals surface area contributed by atoms with Crippen LogP contribution in [0.5, 0.6) is 0 Å². The predicted octanol–water partition coefficient (Wildman–Crippen LogP) is 0.553. The Morgan fingerprint density at radius 2 is 2.35 bits per heavy atom. The van der Waals surface area contributed by atoms with Crippen LogP contribution in [0.15, 0.2) is 31.0 Å². The minimum atomic E-state index is -0.372. The zero-order valence-corrected chi connectivity index (χ0v) is 11.2. The van der Waals surface area contributed by atoms with Gasteiger partial charge >= 0.3 is 0 Å². The molecule has 2 aromatic heterocycles. The minimum absolute atomic E-state index is 0.203. The Bertz CT molecular complexity index is 538. The first-order valence-corrected chi connectivity index (χ1v) is 6.48. The lowest BCUT2D eigenvalue weighted by molar-refractivity contribution is 0.0941. The molecule has 0 aliphatic heterocycles. The first-order valence-electron chi connectivity index (χ1n) is 6.48. The van der Waals surface area contributed by atoms with Gasteiger partial charge in [-0.05, 0) is 25.0 Å². The van der Waals surface area contributed by atoms with E-state index in [0.717, 1.165) is 0 Å². The van der Waals surface area contributed by atoms with Crippen molar-refractivity contribution in [2.45, 2.75) is 25.9 Å². The van der Waals surface area contributed by atoms with E-state index in [1.165, 1.54) is 23.5 Å². The van der Waals surface area contributed by atoms with E-state index in [1.807, 2.05) is 6.92 Å². The van der Waals surface area contributed by atoms with Crippen molar-refractivity contribution in [1.29, 1.82) is 0 Å². The van der Waals surface area contributed by atoms with Crippen LogP contribution in [0.25, 0.3) is 5.82 Å². The highest BCUT2D eigenvalue weighted by Gasteiger charge is 2.07. The molecule has 0 saturated heterocycles. The minimum Gasteiger partial charge on any atom is -0.393 e. The fourth-order valence-corrected chi connectivity index (χ4v) is 1.64. The maximum Gasteiger partial charge on any atom is 0.252 e. The molecule has 2 N–H and O–H groups in total. The summed E-state index contributed by atoms with van der Waals surface area (Å²) in [4.78, 5) is 19.8. The number of amides is 1. The molecule has 1 atom stereocenters. The number of carbonyl (C=O) groups excluding carboxylic acids is 1. The Morgan fingerprint density at radius 1 is 1.50 bits per heavy atom. The van der Waals surface area contributed by atoms with Crippen LogP contribution in [0.3, 0.4) is 0 Å². The molecule has 0 radical (unpaired) electrons. The first-order chi connectivity index (χ1) is 9.70. The van der Waals surface area contributed by atoms with Gasteiger partial charge in [-0.3, -0.25) is 4.79 Å². The monoisotopic (exact) mass is 275 g/mol. The van der Waals surface area contributed by atoms with Gasteiger partial charge in [-0.1, -0.05) is 6.92 Å². The number of hydrogen-bond donors (Lipinski definition) is 2. The molecule has 0 fully saturated rings. The van der Waals surface area contributed by atoms with Crippen molar-refractivity contribution in [2.75, 3.05) is 6.54 Å². The summed E-state index contributed by atoms with van der Waals surface area (Å²) in [6, 6.07) is 3.38. The SMILES string of the molecule is CCC(O)CCNC(=O)c1ccc(-n2cncn2)nc1. The number of carbonyl (C=O) groups is 1. The van der Waals surface area contributed by atoms with Crippen LogP contribution in [0, 0.1) is 0 Å². The van der Waals surface area contributed by atoms with E-state index < -0.39 is 0 Å². The second kappa shape index (κ2) is 6.76. The molecule has 2 rings (SSSR count).